The number of nitrogens with two attached hydrogens (primary N) is 1. The SMILES string of the molecule is [NH2-].[Na+].[O]=[Co][O][N+](=O)[O-]. The van der Waals surface area contributed by atoms with Gasteiger partial charge < -0.3 is 6.15 Å². The molecule has 0 bridgehead atoms. The van der Waals surface area contributed by atoms with Gasteiger partial charge in [0.1, 0.15) is 0 Å². The van der Waals surface area contributed by atoms with Gasteiger partial charge in [-0.25, -0.2) is 0 Å². The standard InChI is InChI=1S/Co.NO3.H2N.Na.O/c;2-1(3)4;;;/h;;1H2;;/q+1;2*-1;+1;. The van der Waals surface area contributed by atoms with Crippen LogP contribution in [-0.4, -0.2) is 5.09 Å². The van der Waals surface area contributed by atoms with Crippen molar-refractivity contribution in [2.24, 2.45) is 0 Å². The van der Waals surface area contributed by atoms with E-state index in [-0.39, 0.29) is 35.7 Å². The monoisotopic (exact) mass is 176 g/mol. The van der Waals surface area contributed by atoms with Gasteiger partial charge in [0.25, 0.3) is 0 Å². The fraction of sp³-hybridized carbons (Fsp3) is 0. The van der Waals surface area contributed by atoms with Crippen molar-refractivity contribution in [2.75, 3.05) is 0 Å². The normalized spacial score (nSPS) is 6.00. The van der Waals surface area contributed by atoms with E-state index in [1.165, 1.54) is 0 Å². The summed E-state index contributed by atoms with van der Waals surface area (Å²) in [7, 11) is 0. The van der Waals surface area contributed by atoms with E-state index in [4.69, 9.17) is 14.0 Å². The van der Waals surface area contributed by atoms with E-state index in [1.54, 1.807) is 0 Å². The molecule has 8 heavy (non-hydrogen) atoms. The fourth-order valence-corrected chi connectivity index (χ4v) is 0.0836. The van der Waals surface area contributed by atoms with Gasteiger partial charge in [-0.1, -0.05) is 0 Å². The van der Waals surface area contributed by atoms with Crippen LogP contribution < -0.4 is 29.6 Å². The molecule has 0 saturated carbocycles. The van der Waals surface area contributed by atoms with Crippen LogP contribution in [0.1, 0.15) is 0 Å². The molecule has 0 amide bonds. The van der Waals surface area contributed by atoms with Crippen LogP contribution in [0.5, 0.6) is 0 Å². The van der Waals surface area contributed by atoms with Gasteiger partial charge in [-0.05, 0) is 0 Å². The van der Waals surface area contributed by atoms with Gasteiger partial charge in [0, 0.05) is 0 Å². The average Bonchev–Trinajstić information content (AvgIpc) is 1.35. The van der Waals surface area contributed by atoms with Crippen molar-refractivity contribution in [3.63, 3.8) is 0 Å². The molecule has 0 atom stereocenters. The molecule has 0 saturated heterocycles. The predicted molar refractivity (Wildman–Crippen MR) is 14.1 cm³/mol. The average molecular weight is 176 g/mol. The van der Waals surface area contributed by atoms with E-state index in [1.807, 2.05) is 0 Å². The third-order valence-corrected chi connectivity index (χ3v) is 0.307. The first-order chi connectivity index (χ1) is 2.77. The van der Waals surface area contributed by atoms with Crippen LogP contribution in [0.25, 0.3) is 6.15 Å². The molecular formula is H2CoN2NaO4. The zero-order chi connectivity index (χ0) is 4.99. The summed E-state index contributed by atoms with van der Waals surface area (Å²) in [6.07, 6.45) is 0. The molecular weight excluding hydrogens is 174 g/mol. The Hall–Kier alpha value is 0.466. The second-order valence-corrected chi connectivity index (χ2v) is 0.704. The van der Waals surface area contributed by atoms with Gasteiger partial charge in [-0.2, -0.15) is 0 Å². The number of rotatable bonds is 2. The number of hydrogen-bond acceptors (Lipinski definition) is 4. The second-order valence-electron chi connectivity index (χ2n) is 0.340. The Bertz CT molecular complexity index is 74.4. The van der Waals surface area contributed by atoms with Crippen molar-refractivity contribution in [2.45, 2.75) is 0 Å². The molecule has 6 nitrogen and oxygen atoms in total. The quantitative estimate of drug-likeness (QED) is 0.258. The molecule has 0 aliphatic rings. The molecule has 46 valence electrons. The summed E-state index contributed by atoms with van der Waals surface area (Å²) >= 11 is -0.901. The van der Waals surface area contributed by atoms with Crippen molar-refractivity contribution < 1.29 is 57.4 Å². The van der Waals surface area contributed by atoms with Gasteiger partial charge in [0.05, 0.1) is 0 Å². The van der Waals surface area contributed by atoms with Crippen molar-refractivity contribution >= 4 is 0 Å². The summed E-state index contributed by atoms with van der Waals surface area (Å²) in [6, 6.07) is 0. The molecule has 0 aromatic carbocycles. The molecule has 0 unspecified atom stereocenters. The Morgan fingerprint density at radius 2 is 2.00 bits per heavy atom. The van der Waals surface area contributed by atoms with Crippen LogP contribution in [0.4, 0.5) is 0 Å². The van der Waals surface area contributed by atoms with Crippen molar-refractivity contribution in [3.8, 4) is 0 Å². The zero-order valence-corrected chi connectivity index (χ0v) is 7.03. The van der Waals surface area contributed by atoms with Crippen LogP contribution in [0.15, 0.2) is 0 Å². The van der Waals surface area contributed by atoms with Crippen molar-refractivity contribution in [3.05, 3.63) is 16.3 Å². The molecule has 0 aliphatic heterocycles. The Kier molecular flexibility index (Phi) is 20.6. The topological polar surface area (TPSA) is 103 Å². The van der Waals surface area contributed by atoms with Crippen molar-refractivity contribution in [1.82, 2.24) is 0 Å². The summed E-state index contributed by atoms with van der Waals surface area (Å²) in [5, 5.41) is 7.83. The first kappa shape index (κ1) is 15.8. The molecule has 0 aromatic rings. The second kappa shape index (κ2) is 10.4. The first-order valence-corrected chi connectivity index (χ1v) is 1.67. The van der Waals surface area contributed by atoms with Gasteiger partial charge in [0.2, 0.25) is 0 Å². The Morgan fingerprint density at radius 1 is 1.62 bits per heavy atom. The van der Waals surface area contributed by atoms with Crippen LogP contribution in [0.3, 0.4) is 0 Å². The maximum absolute atomic E-state index is 9.05. The zero-order valence-electron chi connectivity index (χ0n) is 3.99. The molecule has 0 rings (SSSR count). The van der Waals surface area contributed by atoms with E-state index in [9.17, 15) is 0 Å². The van der Waals surface area contributed by atoms with Gasteiger partial charge in [-0.3, -0.25) is 0 Å². The molecule has 0 heterocycles. The van der Waals surface area contributed by atoms with Crippen LogP contribution >= 0.6 is 0 Å². The van der Waals surface area contributed by atoms with E-state index < -0.39 is 20.0 Å². The fourth-order valence-electron chi connectivity index (χ4n) is 0.0203. The van der Waals surface area contributed by atoms with Crippen molar-refractivity contribution in [1.29, 1.82) is 0 Å². The summed E-state index contributed by atoms with van der Waals surface area (Å²) < 4.78 is 12.2. The summed E-state index contributed by atoms with van der Waals surface area (Å²) in [5.41, 5.74) is 0. The summed E-state index contributed by atoms with van der Waals surface area (Å²) in [6.45, 7) is 0. The van der Waals surface area contributed by atoms with Crippen LogP contribution in [-0.2, 0) is 22.8 Å². The van der Waals surface area contributed by atoms with Gasteiger partial charge in [0.15, 0.2) is 0 Å². The van der Waals surface area contributed by atoms with Gasteiger partial charge >= 0.3 is 67.5 Å². The maximum atomic E-state index is 9.05. The minimum absolute atomic E-state index is 0. The molecule has 0 fully saturated rings. The van der Waals surface area contributed by atoms with E-state index in [0.717, 1.165) is 0 Å². The van der Waals surface area contributed by atoms with E-state index in [0.29, 0.717) is 0 Å². The molecule has 0 spiro atoms. The molecule has 0 aliphatic carbocycles. The van der Waals surface area contributed by atoms with Crippen LogP contribution in [0.2, 0.25) is 0 Å². The minimum atomic E-state index is -1.15. The Labute approximate surface area is 73.4 Å². The molecule has 0 aromatic heterocycles. The third kappa shape index (κ3) is 16.1. The van der Waals surface area contributed by atoms with E-state index >= 15 is 0 Å². The molecule has 2 N–H and O–H groups in total. The summed E-state index contributed by atoms with van der Waals surface area (Å²) in [5.74, 6) is 0. The Morgan fingerprint density at radius 3 is 2.00 bits per heavy atom. The van der Waals surface area contributed by atoms with Crippen LogP contribution in [0, 0.1) is 10.1 Å². The predicted octanol–water partition coefficient (Wildman–Crippen LogP) is -2.74. The van der Waals surface area contributed by atoms with Gasteiger partial charge in [-0.15, -0.1) is 0 Å². The number of nitrogens with zero attached hydrogens (tertiary/aromatic N) is 1. The number of hydrogen-bond donors (Lipinski definition) is 0. The first-order valence-electron chi connectivity index (χ1n) is 0.820. The Balaban J connectivity index is -0.000000125. The molecule has 0 radical (unpaired) electrons. The molecule has 8 heteroatoms. The summed E-state index contributed by atoms with van der Waals surface area (Å²) in [4.78, 5) is 8.97. The third-order valence-electron chi connectivity index (χ3n) is 0.0745. The van der Waals surface area contributed by atoms with E-state index in [2.05, 4.69) is 3.95 Å².